The van der Waals surface area contributed by atoms with Gasteiger partial charge in [0.05, 0.1) is 11.5 Å². The van der Waals surface area contributed by atoms with Gasteiger partial charge in [-0.3, -0.25) is 0 Å². The van der Waals surface area contributed by atoms with Crippen LogP contribution in [0.5, 0.6) is 5.75 Å². The third-order valence-corrected chi connectivity index (χ3v) is 4.45. The van der Waals surface area contributed by atoms with E-state index >= 15 is 0 Å². The molecule has 0 aliphatic heterocycles. The quantitative estimate of drug-likeness (QED) is 0.769. The molecule has 0 spiro atoms. The van der Waals surface area contributed by atoms with Crippen molar-refractivity contribution in [3.8, 4) is 17.6 Å². The molecule has 0 aromatic heterocycles. The van der Waals surface area contributed by atoms with Crippen molar-refractivity contribution in [1.29, 1.82) is 0 Å². The topological polar surface area (TPSA) is 49.4 Å². The van der Waals surface area contributed by atoms with Crippen molar-refractivity contribution in [3.63, 3.8) is 0 Å². The Morgan fingerprint density at radius 2 is 1.74 bits per heavy atom. The molecular weight excluding hydrogens is 357 g/mol. The normalized spacial score (nSPS) is 15.7. The molecule has 0 radical (unpaired) electrons. The Morgan fingerprint density at radius 1 is 1.07 bits per heavy atom. The Labute approximate surface area is 154 Å². The summed E-state index contributed by atoms with van der Waals surface area (Å²) in [4.78, 5) is 11.1. The molecule has 0 bridgehead atoms. The van der Waals surface area contributed by atoms with E-state index in [1.807, 2.05) is 18.2 Å². The van der Waals surface area contributed by atoms with E-state index in [1.165, 1.54) is 0 Å². The van der Waals surface area contributed by atoms with Gasteiger partial charge in [0.1, 0.15) is 5.75 Å². The SMILES string of the molecule is O=C([O-])c1ccc(C(F)(F)F)c(OC2(C#Cc3ccccc3)CCCC2)c1. The molecule has 2 aromatic carbocycles. The third kappa shape index (κ3) is 4.43. The molecule has 0 N–H and O–H groups in total. The number of carbonyl (C=O) groups excluding carboxylic acids is 1. The number of hydrogen-bond donors (Lipinski definition) is 0. The molecule has 3 rings (SSSR count). The first-order valence-corrected chi connectivity index (χ1v) is 8.49. The number of ether oxygens (including phenoxy) is 1. The molecule has 2 aromatic rings. The van der Waals surface area contributed by atoms with E-state index in [2.05, 4.69) is 11.8 Å². The van der Waals surface area contributed by atoms with Gasteiger partial charge in [-0.2, -0.15) is 13.2 Å². The van der Waals surface area contributed by atoms with Crippen LogP contribution in [0.4, 0.5) is 13.2 Å². The van der Waals surface area contributed by atoms with Crippen molar-refractivity contribution in [2.45, 2.75) is 37.5 Å². The van der Waals surface area contributed by atoms with Crippen LogP contribution in [-0.4, -0.2) is 11.6 Å². The predicted octanol–water partition coefficient (Wildman–Crippen LogP) is 3.81. The molecule has 27 heavy (non-hydrogen) atoms. The van der Waals surface area contributed by atoms with Gasteiger partial charge < -0.3 is 14.6 Å². The smallest absolute Gasteiger partial charge is 0.419 e. The summed E-state index contributed by atoms with van der Waals surface area (Å²) < 4.78 is 45.8. The van der Waals surface area contributed by atoms with E-state index in [-0.39, 0.29) is 5.56 Å². The number of halogens is 3. The van der Waals surface area contributed by atoms with E-state index in [9.17, 15) is 23.1 Å². The van der Waals surface area contributed by atoms with Crippen LogP contribution in [0.2, 0.25) is 0 Å². The zero-order valence-corrected chi connectivity index (χ0v) is 14.3. The summed E-state index contributed by atoms with van der Waals surface area (Å²) in [6, 6.07) is 11.5. The Morgan fingerprint density at radius 3 is 2.33 bits per heavy atom. The van der Waals surface area contributed by atoms with Crippen LogP contribution in [0.3, 0.4) is 0 Å². The fourth-order valence-electron chi connectivity index (χ4n) is 3.08. The number of aromatic carboxylic acids is 1. The van der Waals surface area contributed by atoms with Gasteiger partial charge in [0, 0.05) is 11.1 Å². The summed E-state index contributed by atoms with van der Waals surface area (Å²) in [6.45, 7) is 0. The van der Waals surface area contributed by atoms with Crippen LogP contribution in [0.15, 0.2) is 48.5 Å². The molecule has 1 aliphatic rings. The Hall–Kier alpha value is -2.94. The fraction of sp³-hybridized carbons (Fsp3) is 0.286. The maximum atomic E-state index is 13.4. The minimum atomic E-state index is -4.67. The number of hydrogen-bond acceptors (Lipinski definition) is 3. The standard InChI is InChI=1S/C21H17F3O3/c22-21(23,24)17-9-8-16(19(25)26)14-18(17)27-20(11-4-5-12-20)13-10-15-6-2-1-3-7-15/h1-3,6-9,14H,4-5,11-12H2,(H,25,26)/p-1. The first-order valence-electron chi connectivity index (χ1n) is 8.49. The first-order chi connectivity index (χ1) is 12.8. The number of carbonyl (C=O) groups is 1. The summed E-state index contributed by atoms with van der Waals surface area (Å²) in [5.74, 6) is 3.84. The fourth-order valence-corrected chi connectivity index (χ4v) is 3.08. The van der Waals surface area contributed by atoms with Gasteiger partial charge >= 0.3 is 6.18 Å². The maximum absolute atomic E-state index is 13.4. The highest BCUT2D eigenvalue weighted by molar-refractivity contribution is 5.86. The van der Waals surface area contributed by atoms with Gasteiger partial charge in [0.15, 0.2) is 5.60 Å². The van der Waals surface area contributed by atoms with E-state index in [4.69, 9.17) is 4.74 Å². The van der Waals surface area contributed by atoms with Crippen LogP contribution in [0, 0.1) is 11.8 Å². The second kappa shape index (κ2) is 7.36. The summed E-state index contributed by atoms with van der Waals surface area (Å²) >= 11 is 0. The summed E-state index contributed by atoms with van der Waals surface area (Å²) in [6.07, 6.45) is -2.19. The zero-order chi connectivity index (χ0) is 19.5. The molecule has 6 heteroatoms. The highest BCUT2D eigenvalue weighted by Crippen LogP contribution is 2.41. The van der Waals surface area contributed by atoms with Crippen LogP contribution in [-0.2, 0) is 6.18 Å². The van der Waals surface area contributed by atoms with Crippen molar-refractivity contribution in [2.24, 2.45) is 0 Å². The molecule has 1 fully saturated rings. The molecule has 0 heterocycles. The number of alkyl halides is 3. The number of rotatable bonds is 3. The van der Waals surface area contributed by atoms with Gasteiger partial charge in [0.2, 0.25) is 0 Å². The summed E-state index contributed by atoms with van der Waals surface area (Å²) in [5, 5.41) is 11.1. The third-order valence-electron chi connectivity index (χ3n) is 4.45. The van der Waals surface area contributed by atoms with Crippen molar-refractivity contribution in [1.82, 2.24) is 0 Å². The molecule has 3 nitrogen and oxygen atoms in total. The first kappa shape index (κ1) is 18.8. The van der Waals surface area contributed by atoms with Gasteiger partial charge in [-0.05, 0) is 49.9 Å². The van der Waals surface area contributed by atoms with Gasteiger partial charge in [0.25, 0.3) is 0 Å². The Bertz CT molecular complexity index is 886. The van der Waals surface area contributed by atoms with E-state index in [1.54, 1.807) is 12.1 Å². The van der Waals surface area contributed by atoms with E-state index in [0.29, 0.717) is 18.9 Å². The van der Waals surface area contributed by atoms with Gasteiger partial charge in [-0.1, -0.05) is 36.1 Å². The monoisotopic (exact) mass is 373 g/mol. The highest BCUT2D eigenvalue weighted by Gasteiger charge is 2.39. The lowest BCUT2D eigenvalue weighted by atomic mass is 10.0. The molecule has 0 saturated heterocycles. The van der Waals surface area contributed by atoms with Crippen molar-refractivity contribution in [2.75, 3.05) is 0 Å². The average Bonchev–Trinajstić information content (AvgIpc) is 3.08. The second-order valence-corrected chi connectivity index (χ2v) is 6.42. The van der Waals surface area contributed by atoms with Crippen LogP contribution in [0.1, 0.15) is 47.2 Å². The molecule has 0 atom stereocenters. The lowest BCUT2D eigenvalue weighted by molar-refractivity contribution is -0.255. The second-order valence-electron chi connectivity index (χ2n) is 6.42. The molecular formula is C21H16F3O3-. The molecule has 1 aliphatic carbocycles. The molecule has 0 amide bonds. The minimum absolute atomic E-state index is 0.373. The van der Waals surface area contributed by atoms with Gasteiger partial charge in [-0.15, -0.1) is 0 Å². The van der Waals surface area contributed by atoms with E-state index in [0.717, 1.165) is 30.5 Å². The number of carboxylic acids is 1. The van der Waals surface area contributed by atoms with Crippen LogP contribution in [0.25, 0.3) is 0 Å². The summed E-state index contributed by atoms with van der Waals surface area (Å²) in [5.41, 5.74) is -1.75. The average molecular weight is 373 g/mol. The number of carboxylic acid groups (broad SMARTS) is 1. The molecule has 140 valence electrons. The minimum Gasteiger partial charge on any atom is -0.545 e. The van der Waals surface area contributed by atoms with Crippen molar-refractivity contribution in [3.05, 3.63) is 65.2 Å². The molecule has 0 unspecified atom stereocenters. The number of benzene rings is 2. The lowest BCUT2D eigenvalue weighted by Gasteiger charge is -2.27. The molecule has 1 saturated carbocycles. The maximum Gasteiger partial charge on any atom is 0.419 e. The Kier molecular flexibility index (Phi) is 5.13. The van der Waals surface area contributed by atoms with Gasteiger partial charge in [-0.25, -0.2) is 0 Å². The highest BCUT2D eigenvalue weighted by atomic mass is 19.4. The predicted molar refractivity (Wildman–Crippen MR) is 90.9 cm³/mol. The Balaban J connectivity index is 2.01. The summed E-state index contributed by atoms with van der Waals surface area (Å²) in [7, 11) is 0. The van der Waals surface area contributed by atoms with Crippen molar-refractivity contribution >= 4 is 5.97 Å². The van der Waals surface area contributed by atoms with E-state index < -0.39 is 29.1 Å². The largest absolute Gasteiger partial charge is 0.545 e. The van der Waals surface area contributed by atoms with Crippen molar-refractivity contribution < 1.29 is 27.8 Å². The zero-order valence-electron chi connectivity index (χ0n) is 14.3. The lowest BCUT2D eigenvalue weighted by Crippen LogP contribution is -2.32. The van der Waals surface area contributed by atoms with Crippen LogP contribution >= 0.6 is 0 Å². The van der Waals surface area contributed by atoms with Crippen LogP contribution < -0.4 is 9.84 Å².